The molecular weight excluding hydrogens is 518 g/mol. The molecule has 0 aromatic heterocycles. The number of hydrogen-bond donors (Lipinski definition) is 4. The number of phenols is 1. The number of amides is 1. The van der Waals surface area contributed by atoms with Gasteiger partial charge in [0.25, 0.3) is 0 Å². The van der Waals surface area contributed by atoms with Crippen molar-refractivity contribution in [3.8, 4) is 5.75 Å². The fourth-order valence-electron chi connectivity index (χ4n) is 6.72. The van der Waals surface area contributed by atoms with E-state index in [1.807, 2.05) is 32.1 Å². The van der Waals surface area contributed by atoms with Crippen LogP contribution in [-0.4, -0.2) is 128 Å². The molecule has 4 rings (SSSR count). The first-order valence-corrected chi connectivity index (χ1v) is 13.6. The first-order valence-electron chi connectivity index (χ1n) is 13.6. The van der Waals surface area contributed by atoms with Crippen LogP contribution in [0.1, 0.15) is 28.8 Å². The molecule has 1 saturated carbocycles. The number of aliphatic hydroxyl groups is 2. The summed E-state index contributed by atoms with van der Waals surface area (Å²) in [7, 11) is 8.95. The van der Waals surface area contributed by atoms with Crippen molar-refractivity contribution in [2.24, 2.45) is 23.5 Å². The normalized spacial score (nSPS) is 29.6. The van der Waals surface area contributed by atoms with Crippen molar-refractivity contribution in [2.45, 2.75) is 30.9 Å². The van der Waals surface area contributed by atoms with E-state index < -0.39 is 53.5 Å². The van der Waals surface area contributed by atoms with E-state index in [9.17, 15) is 34.5 Å². The van der Waals surface area contributed by atoms with Crippen LogP contribution < -0.4 is 15.5 Å². The van der Waals surface area contributed by atoms with Gasteiger partial charge in [0.1, 0.15) is 5.75 Å². The van der Waals surface area contributed by atoms with Crippen molar-refractivity contribution < 1.29 is 34.5 Å². The molecule has 220 valence electrons. The molecular formula is C28H41N5O7. The Bertz CT molecular complexity index is 1210. The molecule has 1 saturated heterocycles. The standard InChI is InChI=1S/C28H41N5O7/c1-30(2)18-13-19(33-8-6-32(5)7-9-33)24(36)21-16(18)10-15(12-20(21)35)11-17-23(31(3)4)25(37)22(27(29)39)26(38)28(17,40)14-34/h13,15,17,22-23,34,36,40H,6-12,14H2,1-5H3,(H2,29,39)/t15-,17-,22?,23-,28+/m0/s1. The zero-order chi connectivity index (χ0) is 29.7. The maximum atomic E-state index is 13.6. The van der Waals surface area contributed by atoms with Crippen molar-refractivity contribution >= 4 is 34.6 Å². The van der Waals surface area contributed by atoms with Crippen LogP contribution in [0.15, 0.2) is 6.07 Å². The third kappa shape index (κ3) is 4.98. The molecule has 1 unspecified atom stereocenters. The van der Waals surface area contributed by atoms with Crippen LogP contribution in [0.25, 0.3) is 0 Å². The van der Waals surface area contributed by atoms with Crippen LogP contribution in [0, 0.1) is 17.8 Å². The van der Waals surface area contributed by atoms with E-state index in [4.69, 9.17) is 5.73 Å². The van der Waals surface area contributed by atoms with E-state index in [1.54, 1.807) is 14.1 Å². The van der Waals surface area contributed by atoms with E-state index in [0.29, 0.717) is 30.8 Å². The van der Waals surface area contributed by atoms with Crippen molar-refractivity contribution in [1.82, 2.24) is 9.80 Å². The van der Waals surface area contributed by atoms with Gasteiger partial charge >= 0.3 is 0 Å². The number of nitrogens with two attached hydrogens (primary N) is 1. The lowest BCUT2D eigenvalue weighted by Gasteiger charge is -2.47. The number of aromatic hydroxyl groups is 1. The topological polar surface area (TPSA) is 168 Å². The molecule has 12 heteroatoms. The summed E-state index contributed by atoms with van der Waals surface area (Å²) in [5.74, 6) is -6.65. The molecule has 5 atom stereocenters. The number of anilines is 2. The lowest BCUT2D eigenvalue weighted by atomic mass is 9.62. The minimum atomic E-state index is -2.39. The quantitative estimate of drug-likeness (QED) is 0.298. The van der Waals surface area contributed by atoms with Crippen LogP contribution in [0.2, 0.25) is 0 Å². The van der Waals surface area contributed by atoms with Crippen LogP contribution in [0.3, 0.4) is 0 Å². The Morgan fingerprint density at radius 3 is 2.25 bits per heavy atom. The molecule has 3 aliphatic rings. The van der Waals surface area contributed by atoms with Gasteiger partial charge in [-0.15, -0.1) is 0 Å². The lowest BCUT2D eigenvalue weighted by Crippen LogP contribution is -2.68. The number of nitrogens with zero attached hydrogens (tertiary/aromatic N) is 4. The fourth-order valence-corrected chi connectivity index (χ4v) is 6.72. The molecule has 1 aromatic rings. The number of Topliss-reactive ketones (excluding diaryl/α,β-unsaturated/α-hetero) is 3. The zero-order valence-electron chi connectivity index (χ0n) is 23.9. The summed E-state index contributed by atoms with van der Waals surface area (Å²) in [5.41, 5.74) is 5.31. The number of rotatable bonds is 7. The number of carbonyl (C=O) groups excluding carboxylic acids is 4. The third-order valence-electron chi connectivity index (χ3n) is 8.86. The SMILES string of the molecule is CN1CCN(c2cc(N(C)C)c3c(c2O)C(=O)C[C@H](C[C@H]2[C@H](N(C)C)C(=O)C(C(N)=O)C(=O)[C@@]2(O)CO)C3)CC1. The highest BCUT2D eigenvalue weighted by Crippen LogP contribution is 2.47. The number of benzene rings is 1. The highest BCUT2D eigenvalue weighted by molar-refractivity contribution is 6.23. The number of likely N-dealkylation sites (N-methyl/N-ethyl adjacent to an activating group) is 2. The number of ketones is 3. The Hall–Kier alpha value is -3.06. The van der Waals surface area contributed by atoms with Gasteiger partial charge in [0.05, 0.1) is 23.9 Å². The number of hydrogen-bond acceptors (Lipinski definition) is 11. The van der Waals surface area contributed by atoms with E-state index >= 15 is 0 Å². The number of primary amides is 1. The summed E-state index contributed by atoms with van der Waals surface area (Å²) >= 11 is 0. The Morgan fingerprint density at radius 1 is 1.10 bits per heavy atom. The number of piperazine rings is 1. The van der Waals surface area contributed by atoms with Crippen LogP contribution in [0.5, 0.6) is 5.75 Å². The molecule has 1 amide bonds. The Kier molecular flexibility index (Phi) is 8.28. The Balaban J connectivity index is 1.72. The number of aliphatic hydroxyl groups excluding tert-OH is 1. The second-order valence-electron chi connectivity index (χ2n) is 11.9. The molecule has 5 N–H and O–H groups in total. The summed E-state index contributed by atoms with van der Waals surface area (Å²) in [4.78, 5) is 59.7. The zero-order valence-corrected chi connectivity index (χ0v) is 23.9. The molecule has 0 radical (unpaired) electrons. The van der Waals surface area contributed by atoms with Crippen LogP contribution in [-0.2, 0) is 20.8 Å². The number of phenolic OH excluding ortho intramolecular Hbond substituents is 1. The Labute approximate surface area is 234 Å². The van der Waals surface area contributed by atoms with E-state index in [1.165, 1.54) is 4.90 Å². The molecule has 1 aromatic carbocycles. The second kappa shape index (κ2) is 11.1. The number of carbonyl (C=O) groups is 4. The second-order valence-corrected chi connectivity index (χ2v) is 11.9. The smallest absolute Gasteiger partial charge is 0.235 e. The number of fused-ring (bicyclic) bond motifs is 1. The molecule has 0 bridgehead atoms. The fraction of sp³-hybridized carbons (Fsp3) is 0.643. The maximum absolute atomic E-state index is 13.6. The average Bonchev–Trinajstić information content (AvgIpc) is 2.87. The third-order valence-corrected chi connectivity index (χ3v) is 8.86. The van der Waals surface area contributed by atoms with Gasteiger partial charge < -0.3 is 35.8 Å². The van der Waals surface area contributed by atoms with Gasteiger partial charge in [-0.05, 0) is 51.5 Å². The summed E-state index contributed by atoms with van der Waals surface area (Å²) in [6.45, 7) is 2.11. The van der Waals surface area contributed by atoms with Crippen molar-refractivity contribution in [1.29, 1.82) is 0 Å². The summed E-state index contributed by atoms with van der Waals surface area (Å²) in [6.07, 6.45) is 0.437. The van der Waals surface area contributed by atoms with Crippen molar-refractivity contribution in [3.63, 3.8) is 0 Å². The van der Waals surface area contributed by atoms with E-state index in [-0.39, 0.29) is 29.9 Å². The molecule has 2 aliphatic carbocycles. The summed E-state index contributed by atoms with van der Waals surface area (Å²) < 4.78 is 0. The van der Waals surface area contributed by atoms with Crippen LogP contribution >= 0.6 is 0 Å². The minimum Gasteiger partial charge on any atom is -0.505 e. The lowest BCUT2D eigenvalue weighted by molar-refractivity contribution is -0.174. The molecule has 1 aliphatic heterocycles. The average molecular weight is 560 g/mol. The largest absolute Gasteiger partial charge is 0.505 e. The summed E-state index contributed by atoms with van der Waals surface area (Å²) in [5, 5.41) is 32.9. The highest BCUT2D eigenvalue weighted by atomic mass is 16.3. The van der Waals surface area contributed by atoms with Gasteiger partial charge in [-0.25, -0.2) is 0 Å². The van der Waals surface area contributed by atoms with Crippen molar-refractivity contribution in [2.75, 3.05) is 77.8 Å². The van der Waals surface area contributed by atoms with E-state index in [0.717, 1.165) is 18.8 Å². The first kappa shape index (κ1) is 29.9. The van der Waals surface area contributed by atoms with Gasteiger partial charge in [0, 0.05) is 58.3 Å². The van der Waals surface area contributed by atoms with Gasteiger partial charge in [0.2, 0.25) is 5.91 Å². The molecule has 0 spiro atoms. The highest BCUT2D eigenvalue weighted by Gasteiger charge is 2.60. The van der Waals surface area contributed by atoms with Crippen LogP contribution in [0.4, 0.5) is 11.4 Å². The summed E-state index contributed by atoms with van der Waals surface area (Å²) in [6, 6.07) is 0.817. The molecule has 12 nitrogen and oxygen atoms in total. The van der Waals surface area contributed by atoms with Gasteiger partial charge in [-0.3, -0.25) is 24.1 Å². The van der Waals surface area contributed by atoms with Gasteiger partial charge in [0.15, 0.2) is 28.9 Å². The van der Waals surface area contributed by atoms with E-state index in [2.05, 4.69) is 9.80 Å². The molecule has 2 fully saturated rings. The predicted molar refractivity (Wildman–Crippen MR) is 149 cm³/mol. The Morgan fingerprint density at radius 2 is 1.73 bits per heavy atom. The van der Waals surface area contributed by atoms with Crippen molar-refractivity contribution in [3.05, 3.63) is 17.2 Å². The van der Waals surface area contributed by atoms with Gasteiger partial charge in [-0.2, -0.15) is 0 Å². The maximum Gasteiger partial charge on any atom is 0.235 e. The molecule has 1 heterocycles. The predicted octanol–water partition coefficient (Wildman–Crippen LogP) is -1.13. The van der Waals surface area contributed by atoms with Gasteiger partial charge in [-0.1, -0.05) is 0 Å². The first-order chi connectivity index (χ1) is 18.7. The minimum absolute atomic E-state index is 0.0272. The molecule has 40 heavy (non-hydrogen) atoms. The monoisotopic (exact) mass is 559 g/mol.